The van der Waals surface area contributed by atoms with Crippen molar-refractivity contribution in [1.82, 2.24) is 5.32 Å². The van der Waals surface area contributed by atoms with Crippen molar-refractivity contribution in [2.45, 2.75) is 366 Å². The summed E-state index contributed by atoms with van der Waals surface area (Å²) in [5.41, 5.74) is 0. The molecule has 0 saturated carbocycles. The molecule has 0 aliphatic carbocycles. The molecule has 0 aromatic heterocycles. The molecule has 0 radical (unpaired) electrons. The molecule has 1 amide bonds. The number of nitrogens with one attached hydrogen (secondary N) is 1. The number of carbonyl (C=O) groups is 2. The summed E-state index contributed by atoms with van der Waals surface area (Å²) in [6.45, 7) is 4.88. The quantitative estimate of drug-likeness (QED) is 0.0244. The molecule has 0 aliphatic rings. The monoisotopic (exact) mass is 1030 g/mol. The van der Waals surface area contributed by atoms with Gasteiger partial charge in [0.05, 0.1) is 25.4 Å². The van der Waals surface area contributed by atoms with Crippen LogP contribution < -0.4 is 5.32 Å². The Morgan fingerprint density at radius 2 is 0.671 bits per heavy atom. The van der Waals surface area contributed by atoms with E-state index >= 15 is 0 Å². The molecule has 73 heavy (non-hydrogen) atoms. The van der Waals surface area contributed by atoms with Crippen molar-refractivity contribution in [1.29, 1.82) is 0 Å². The van der Waals surface area contributed by atoms with Gasteiger partial charge in [0, 0.05) is 12.8 Å². The van der Waals surface area contributed by atoms with Crippen molar-refractivity contribution < 1.29 is 24.5 Å². The number of rotatable bonds is 61. The van der Waals surface area contributed by atoms with E-state index < -0.39 is 12.1 Å². The maximum atomic E-state index is 12.5. The minimum Gasteiger partial charge on any atom is -0.466 e. The lowest BCUT2D eigenvalue weighted by Gasteiger charge is -2.20. The first-order valence-corrected chi connectivity index (χ1v) is 32.8. The van der Waals surface area contributed by atoms with Crippen LogP contribution in [0.4, 0.5) is 0 Å². The average Bonchev–Trinajstić information content (AvgIpc) is 3.39. The first-order chi connectivity index (χ1) is 36.0. The fourth-order valence-electron chi connectivity index (χ4n) is 10.2. The van der Waals surface area contributed by atoms with Gasteiger partial charge in [-0.1, -0.05) is 314 Å². The Balaban J connectivity index is 3.52. The number of amides is 1. The molecular weight excluding hydrogens is 899 g/mol. The van der Waals surface area contributed by atoms with Crippen molar-refractivity contribution >= 4 is 11.9 Å². The SMILES string of the molecule is CCCCCCCCCCCCCCCCCCCCCCCC/C=C/C(O)C(CO)NC(=O)CCCCCCCC/C=C\C=C/CCCCCOC(=O)CCCCCCCCCCCCCCCCCCC. The van der Waals surface area contributed by atoms with Gasteiger partial charge in [-0.15, -0.1) is 0 Å². The number of hydrogen-bond acceptors (Lipinski definition) is 5. The summed E-state index contributed by atoms with van der Waals surface area (Å²) >= 11 is 0. The van der Waals surface area contributed by atoms with Crippen molar-refractivity contribution in [3.8, 4) is 0 Å². The number of carbonyl (C=O) groups excluding carboxylic acids is 2. The molecule has 430 valence electrons. The van der Waals surface area contributed by atoms with Crippen LogP contribution in [0.1, 0.15) is 354 Å². The van der Waals surface area contributed by atoms with E-state index in [0.29, 0.717) is 19.4 Å². The summed E-state index contributed by atoms with van der Waals surface area (Å²) in [4.78, 5) is 24.6. The van der Waals surface area contributed by atoms with Crippen LogP contribution in [0.5, 0.6) is 0 Å². The summed E-state index contributed by atoms with van der Waals surface area (Å²) in [7, 11) is 0. The fraction of sp³-hybridized carbons (Fsp3) is 0.881. The second kappa shape index (κ2) is 62.6. The zero-order chi connectivity index (χ0) is 52.9. The summed E-state index contributed by atoms with van der Waals surface area (Å²) in [6, 6.07) is -0.646. The van der Waals surface area contributed by atoms with Crippen LogP contribution in [0.3, 0.4) is 0 Å². The van der Waals surface area contributed by atoms with Gasteiger partial charge in [-0.2, -0.15) is 0 Å². The molecule has 0 saturated heterocycles. The topological polar surface area (TPSA) is 95.9 Å². The standard InChI is InChI=1S/C67H127NO5/c1-3-5-7-9-11-13-15-17-19-21-22-23-24-25-26-27-29-31-35-39-43-47-51-55-59-65(70)64(63-69)68-66(71)60-56-52-48-44-40-36-32-30-34-38-42-46-50-54-58-62-73-67(72)61-57-53-49-45-41-37-33-28-20-18-16-14-12-10-8-6-4-2/h30,34,38,42,55,59,64-65,69-70H,3-29,31-33,35-37,39-41,43-54,56-58,60-63H2,1-2H3,(H,68,71)/b34-30-,42-38-,59-55+. The van der Waals surface area contributed by atoms with E-state index in [1.54, 1.807) is 6.08 Å². The van der Waals surface area contributed by atoms with Gasteiger partial charge in [0.25, 0.3) is 0 Å². The van der Waals surface area contributed by atoms with E-state index in [2.05, 4.69) is 43.5 Å². The van der Waals surface area contributed by atoms with Gasteiger partial charge < -0.3 is 20.3 Å². The predicted molar refractivity (Wildman–Crippen MR) is 319 cm³/mol. The Hall–Kier alpha value is -1.92. The number of hydrogen-bond donors (Lipinski definition) is 3. The third kappa shape index (κ3) is 59.2. The van der Waals surface area contributed by atoms with Gasteiger partial charge >= 0.3 is 5.97 Å². The number of ether oxygens (including phenoxy) is 1. The molecule has 3 N–H and O–H groups in total. The predicted octanol–water partition coefficient (Wildman–Crippen LogP) is 20.8. The van der Waals surface area contributed by atoms with Crippen molar-refractivity contribution in [2.75, 3.05) is 13.2 Å². The number of esters is 1. The lowest BCUT2D eigenvalue weighted by molar-refractivity contribution is -0.143. The Labute approximate surface area is 455 Å². The normalized spacial score (nSPS) is 12.8. The van der Waals surface area contributed by atoms with Gasteiger partial charge in [-0.25, -0.2) is 0 Å². The van der Waals surface area contributed by atoms with Crippen LogP contribution >= 0.6 is 0 Å². The molecule has 2 unspecified atom stereocenters. The van der Waals surface area contributed by atoms with Crippen molar-refractivity contribution in [2.24, 2.45) is 0 Å². The van der Waals surface area contributed by atoms with Gasteiger partial charge in [0.2, 0.25) is 5.91 Å². The first-order valence-electron chi connectivity index (χ1n) is 32.8. The molecule has 0 spiro atoms. The Morgan fingerprint density at radius 1 is 0.384 bits per heavy atom. The van der Waals surface area contributed by atoms with E-state index in [-0.39, 0.29) is 18.5 Å². The molecule has 0 rings (SSSR count). The van der Waals surface area contributed by atoms with Crippen molar-refractivity contribution in [3.05, 3.63) is 36.5 Å². The van der Waals surface area contributed by atoms with Crippen LogP contribution in [0.15, 0.2) is 36.5 Å². The molecule has 0 aromatic carbocycles. The average molecular weight is 1030 g/mol. The highest BCUT2D eigenvalue weighted by molar-refractivity contribution is 5.76. The van der Waals surface area contributed by atoms with Crippen LogP contribution in [0.2, 0.25) is 0 Å². The van der Waals surface area contributed by atoms with E-state index in [1.807, 2.05) is 6.08 Å². The number of unbranched alkanes of at least 4 members (excludes halogenated alkanes) is 47. The molecule has 0 aliphatic heterocycles. The molecule has 2 atom stereocenters. The van der Waals surface area contributed by atoms with Gasteiger partial charge in [0.1, 0.15) is 0 Å². The van der Waals surface area contributed by atoms with Crippen LogP contribution in [-0.4, -0.2) is 47.4 Å². The third-order valence-corrected chi connectivity index (χ3v) is 15.2. The Bertz CT molecular complexity index is 1180. The smallest absolute Gasteiger partial charge is 0.305 e. The maximum absolute atomic E-state index is 12.5. The minimum absolute atomic E-state index is 0.0183. The van der Waals surface area contributed by atoms with Crippen molar-refractivity contribution in [3.63, 3.8) is 0 Å². The fourth-order valence-corrected chi connectivity index (χ4v) is 10.2. The van der Waals surface area contributed by atoms with Crippen LogP contribution in [0, 0.1) is 0 Å². The van der Waals surface area contributed by atoms with Crippen LogP contribution in [0.25, 0.3) is 0 Å². The Kier molecular flexibility index (Phi) is 61.0. The molecule has 0 fully saturated rings. The highest BCUT2D eigenvalue weighted by Gasteiger charge is 2.18. The third-order valence-electron chi connectivity index (χ3n) is 15.2. The minimum atomic E-state index is -0.861. The Morgan fingerprint density at radius 3 is 1.01 bits per heavy atom. The highest BCUT2D eigenvalue weighted by atomic mass is 16.5. The summed E-state index contributed by atoms with van der Waals surface area (Å²) in [5, 5.41) is 23.2. The maximum Gasteiger partial charge on any atom is 0.305 e. The second-order valence-corrected chi connectivity index (χ2v) is 22.5. The molecule has 0 heterocycles. The zero-order valence-corrected chi connectivity index (χ0v) is 49.1. The lowest BCUT2D eigenvalue weighted by Crippen LogP contribution is -2.45. The van der Waals surface area contributed by atoms with E-state index in [1.165, 1.54) is 250 Å². The highest BCUT2D eigenvalue weighted by Crippen LogP contribution is 2.18. The second-order valence-electron chi connectivity index (χ2n) is 22.5. The van der Waals surface area contributed by atoms with Gasteiger partial charge in [0.15, 0.2) is 0 Å². The lowest BCUT2D eigenvalue weighted by atomic mass is 10.0. The molecule has 0 bridgehead atoms. The molecular formula is C67H127NO5. The number of aliphatic hydroxyl groups excluding tert-OH is 2. The van der Waals surface area contributed by atoms with E-state index in [0.717, 1.165) is 77.0 Å². The zero-order valence-electron chi connectivity index (χ0n) is 49.1. The molecule has 6 nitrogen and oxygen atoms in total. The molecule has 6 heteroatoms. The van der Waals surface area contributed by atoms with Crippen LogP contribution in [-0.2, 0) is 14.3 Å². The number of allylic oxidation sites excluding steroid dienone is 5. The van der Waals surface area contributed by atoms with E-state index in [9.17, 15) is 19.8 Å². The van der Waals surface area contributed by atoms with Gasteiger partial charge in [-0.05, 0) is 64.2 Å². The first kappa shape index (κ1) is 71.1. The summed E-state index contributed by atoms with van der Waals surface area (Å²) in [6.07, 6.45) is 79.1. The largest absolute Gasteiger partial charge is 0.466 e. The summed E-state index contributed by atoms with van der Waals surface area (Å²) in [5.74, 6) is -0.105. The van der Waals surface area contributed by atoms with E-state index in [4.69, 9.17) is 4.74 Å². The van der Waals surface area contributed by atoms with Gasteiger partial charge in [-0.3, -0.25) is 9.59 Å². The molecule has 0 aromatic rings. The number of aliphatic hydroxyl groups is 2. The summed E-state index contributed by atoms with van der Waals surface area (Å²) < 4.78 is 5.47.